The van der Waals surface area contributed by atoms with Gasteiger partial charge in [-0.3, -0.25) is 4.79 Å². The first-order chi connectivity index (χ1) is 11.9. The molecule has 2 rings (SSSR count). The number of sulfonamides is 1. The molecule has 0 bridgehead atoms. The quantitative estimate of drug-likeness (QED) is 0.717. The average molecular weight is 367 g/mol. The van der Waals surface area contributed by atoms with Crippen molar-refractivity contribution in [2.24, 2.45) is 5.92 Å². The normalized spacial score (nSPS) is 16.1. The number of carbonyl (C=O) groups is 1. The van der Waals surface area contributed by atoms with Crippen LogP contribution in [-0.4, -0.2) is 38.3 Å². The Hall–Kier alpha value is -1.40. The highest BCUT2D eigenvalue weighted by atomic mass is 32.2. The molecule has 5 nitrogen and oxygen atoms in total. The van der Waals surface area contributed by atoms with Gasteiger partial charge in [0.25, 0.3) is 5.91 Å². The van der Waals surface area contributed by atoms with Gasteiger partial charge in [0.1, 0.15) is 0 Å². The molecule has 25 heavy (non-hydrogen) atoms. The van der Waals surface area contributed by atoms with Crippen LogP contribution in [0, 0.1) is 5.92 Å². The Morgan fingerprint density at radius 3 is 2.32 bits per heavy atom. The number of carbonyl (C=O) groups excluding carboxylic acids is 1. The second-order valence-corrected chi connectivity index (χ2v) is 9.07. The second-order valence-electron chi connectivity index (χ2n) is 7.13. The first kappa shape index (κ1) is 19.9. The Balaban J connectivity index is 1.89. The van der Waals surface area contributed by atoms with E-state index in [-0.39, 0.29) is 10.8 Å². The van der Waals surface area contributed by atoms with Crippen LogP contribution >= 0.6 is 0 Å². The molecule has 1 heterocycles. The van der Waals surface area contributed by atoms with Gasteiger partial charge in [-0.15, -0.1) is 0 Å². The lowest BCUT2D eigenvalue weighted by molar-refractivity contribution is 0.0952. The minimum Gasteiger partial charge on any atom is -0.352 e. The fourth-order valence-electron chi connectivity index (χ4n) is 3.01. The summed E-state index contributed by atoms with van der Waals surface area (Å²) in [5, 5.41) is 2.90. The SMILES string of the molecule is CC(C)CCCCNC(=O)c1ccc(S(=O)(=O)N2CCCCC2)cc1. The number of nitrogens with zero attached hydrogens (tertiary/aromatic N) is 1. The second kappa shape index (κ2) is 9.34. The van der Waals surface area contributed by atoms with E-state index in [1.165, 1.54) is 18.6 Å². The molecule has 1 fully saturated rings. The maximum atomic E-state index is 12.6. The molecule has 0 radical (unpaired) electrons. The molecule has 0 unspecified atom stereocenters. The number of rotatable bonds is 8. The largest absolute Gasteiger partial charge is 0.352 e. The van der Waals surface area contributed by atoms with Crippen molar-refractivity contribution in [2.75, 3.05) is 19.6 Å². The number of amides is 1. The smallest absolute Gasteiger partial charge is 0.251 e. The number of benzene rings is 1. The Labute approximate surface area is 151 Å². The molecule has 0 aliphatic carbocycles. The maximum absolute atomic E-state index is 12.6. The summed E-state index contributed by atoms with van der Waals surface area (Å²) in [6.45, 7) is 6.21. The molecular weight excluding hydrogens is 336 g/mol. The minimum atomic E-state index is -3.44. The Kier molecular flexibility index (Phi) is 7.44. The van der Waals surface area contributed by atoms with E-state index in [9.17, 15) is 13.2 Å². The van der Waals surface area contributed by atoms with Crippen LogP contribution in [0.2, 0.25) is 0 Å². The van der Waals surface area contributed by atoms with Crippen molar-refractivity contribution in [1.82, 2.24) is 9.62 Å². The van der Waals surface area contributed by atoms with E-state index in [1.807, 2.05) is 0 Å². The summed E-state index contributed by atoms with van der Waals surface area (Å²) in [7, 11) is -3.44. The molecule has 0 atom stereocenters. The summed E-state index contributed by atoms with van der Waals surface area (Å²) in [4.78, 5) is 12.4. The first-order valence-corrected chi connectivity index (χ1v) is 10.7. The number of hydrogen-bond acceptors (Lipinski definition) is 3. The molecule has 6 heteroatoms. The molecule has 1 aromatic carbocycles. The lowest BCUT2D eigenvalue weighted by atomic mass is 10.1. The summed E-state index contributed by atoms with van der Waals surface area (Å²) < 4.78 is 26.7. The van der Waals surface area contributed by atoms with Gasteiger partial charge in [-0.05, 0) is 49.4 Å². The van der Waals surface area contributed by atoms with Crippen LogP contribution in [0.25, 0.3) is 0 Å². The molecule has 1 aromatic rings. The van der Waals surface area contributed by atoms with E-state index >= 15 is 0 Å². The molecule has 0 aromatic heterocycles. The van der Waals surface area contributed by atoms with E-state index in [0.29, 0.717) is 31.1 Å². The number of unbranched alkanes of at least 4 members (excludes halogenated alkanes) is 1. The van der Waals surface area contributed by atoms with Crippen LogP contribution in [0.3, 0.4) is 0 Å². The molecule has 0 spiro atoms. The lowest BCUT2D eigenvalue weighted by Crippen LogP contribution is -2.35. The predicted octanol–water partition coefficient (Wildman–Crippen LogP) is 3.42. The van der Waals surface area contributed by atoms with Gasteiger partial charge in [0.15, 0.2) is 0 Å². The van der Waals surface area contributed by atoms with Gasteiger partial charge in [-0.25, -0.2) is 8.42 Å². The third kappa shape index (κ3) is 5.82. The third-order valence-corrected chi connectivity index (χ3v) is 6.48. The molecule has 1 N–H and O–H groups in total. The summed E-state index contributed by atoms with van der Waals surface area (Å²) in [5.41, 5.74) is 0.501. The zero-order valence-corrected chi connectivity index (χ0v) is 16.1. The fourth-order valence-corrected chi connectivity index (χ4v) is 4.53. The van der Waals surface area contributed by atoms with Crippen LogP contribution in [-0.2, 0) is 10.0 Å². The fraction of sp³-hybridized carbons (Fsp3) is 0.632. The Morgan fingerprint density at radius 1 is 1.08 bits per heavy atom. The zero-order chi connectivity index (χ0) is 18.3. The Morgan fingerprint density at radius 2 is 1.72 bits per heavy atom. The highest BCUT2D eigenvalue weighted by Gasteiger charge is 2.25. The molecule has 1 amide bonds. The summed E-state index contributed by atoms with van der Waals surface area (Å²) in [5.74, 6) is 0.538. The van der Waals surface area contributed by atoms with E-state index < -0.39 is 10.0 Å². The molecule has 0 saturated carbocycles. The summed E-state index contributed by atoms with van der Waals surface area (Å²) in [6, 6.07) is 6.27. The maximum Gasteiger partial charge on any atom is 0.251 e. The van der Waals surface area contributed by atoms with Crippen LogP contribution in [0.4, 0.5) is 0 Å². The van der Waals surface area contributed by atoms with Crippen molar-refractivity contribution in [3.05, 3.63) is 29.8 Å². The van der Waals surface area contributed by atoms with Gasteiger partial charge in [0.05, 0.1) is 4.90 Å². The monoisotopic (exact) mass is 366 g/mol. The van der Waals surface area contributed by atoms with Gasteiger partial charge in [-0.2, -0.15) is 4.31 Å². The van der Waals surface area contributed by atoms with Gasteiger partial charge in [-0.1, -0.05) is 33.1 Å². The molecule has 1 aliphatic heterocycles. The number of hydrogen-bond donors (Lipinski definition) is 1. The average Bonchev–Trinajstić information content (AvgIpc) is 2.62. The van der Waals surface area contributed by atoms with Crippen molar-refractivity contribution in [1.29, 1.82) is 0 Å². The molecule has 140 valence electrons. The van der Waals surface area contributed by atoms with Crippen molar-refractivity contribution < 1.29 is 13.2 Å². The molecular formula is C19H30N2O3S. The standard InChI is InChI=1S/C19H30N2O3S/c1-16(2)8-4-5-13-20-19(22)17-9-11-18(12-10-17)25(23,24)21-14-6-3-7-15-21/h9-12,16H,3-8,13-15H2,1-2H3,(H,20,22). The lowest BCUT2D eigenvalue weighted by Gasteiger charge is -2.25. The van der Waals surface area contributed by atoms with Gasteiger partial charge in [0, 0.05) is 25.2 Å². The highest BCUT2D eigenvalue weighted by molar-refractivity contribution is 7.89. The predicted molar refractivity (Wildman–Crippen MR) is 100 cm³/mol. The first-order valence-electron chi connectivity index (χ1n) is 9.29. The summed E-state index contributed by atoms with van der Waals surface area (Å²) >= 11 is 0. The third-order valence-electron chi connectivity index (χ3n) is 4.56. The van der Waals surface area contributed by atoms with Gasteiger partial charge in [0.2, 0.25) is 10.0 Å². The summed E-state index contributed by atoms with van der Waals surface area (Å²) in [6.07, 6.45) is 6.14. The van der Waals surface area contributed by atoms with Crippen molar-refractivity contribution in [2.45, 2.75) is 57.3 Å². The van der Waals surface area contributed by atoms with E-state index in [4.69, 9.17) is 0 Å². The zero-order valence-electron chi connectivity index (χ0n) is 15.3. The Bertz CT molecular complexity index is 648. The van der Waals surface area contributed by atoms with E-state index in [0.717, 1.165) is 32.1 Å². The molecule has 1 saturated heterocycles. The van der Waals surface area contributed by atoms with Crippen molar-refractivity contribution >= 4 is 15.9 Å². The molecule has 1 aliphatic rings. The van der Waals surface area contributed by atoms with Crippen LogP contribution in [0.1, 0.15) is 62.7 Å². The highest BCUT2D eigenvalue weighted by Crippen LogP contribution is 2.20. The topological polar surface area (TPSA) is 66.5 Å². The van der Waals surface area contributed by atoms with E-state index in [1.54, 1.807) is 16.4 Å². The van der Waals surface area contributed by atoms with Crippen molar-refractivity contribution in [3.8, 4) is 0 Å². The number of nitrogens with one attached hydrogen (secondary N) is 1. The van der Waals surface area contributed by atoms with Crippen LogP contribution in [0.15, 0.2) is 29.2 Å². The van der Waals surface area contributed by atoms with Crippen molar-refractivity contribution in [3.63, 3.8) is 0 Å². The van der Waals surface area contributed by atoms with Gasteiger partial charge < -0.3 is 5.32 Å². The van der Waals surface area contributed by atoms with Crippen LogP contribution in [0.5, 0.6) is 0 Å². The van der Waals surface area contributed by atoms with Gasteiger partial charge >= 0.3 is 0 Å². The number of piperidine rings is 1. The van der Waals surface area contributed by atoms with E-state index in [2.05, 4.69) is 19.2 Å². The van der Waals surface area contributed by atoms with Crippen LogP contribution < -0.4 is 5.32 Å². The minimum absolute atomic E-state index is 0.147.